The Labute approximate surface area is 204 Å². The molecule has 3 aromatic rings. The molecule has 0 saturated carbocycles. The van der Waals surface area contributed by atoms with Crippen LogP contribution in [0.3, 0.4) is 0 Å². The largest absolute Gasteiger partial charge is 0.462 e. The van der Waals surface area contributed by atoms with Crippen LogP contribution in [0.25, 0.3) is 16.6 Å². The summed E-state index contributed by atoms with van der Waals surface area (Å²) in [5.74, 6) is -0.200. The number of piperidine rings is 1. The third kappa shape index (κ3) is 4.78. The zero-order chi connectivity index (χ0) is 24.9. The first-order valence-corrected chi connectivity index (χ1v) is 12.2. The number of nitrogens with zero attached hydrogens (tertiary/aromatic N) is 3. The van der Waals surface area contributed by atoms with E-state index in [0.29, 0.717) is 49.4 Å². The lowest BCUT2D eigenvalue weighted by molar-refractivity contribution is -0.119. The van der Waals surface area contributed by atoms with E-state index in [9.17, 15) is 14.4 Å². The van der Waals surface area contributed by atoms with E-state index in [1.54, 1.807) is 18.4 Å². The topological polar surface area (TPSA) is 90.2 Å². The van der Waals surface area contributed by atoms with Crippen molar-refractivity contribution in [3.05, 3.63) is 53.2 Å². The van der Waals surface area contributed by atoms with Gasteiger partial charge in [0.1, 0.15) is 17.2 Å². The predicted octanol–water partition coefficient (Wildman–Crippen LogP) is 4.48. The summed E-state index contributed by atoms with van der Waals surface area (Å²) in [7, 11) is 0. The van der Waals surface area contributed by atoms with Crippen LogP contribution in [0.4, 0.5) is 5.82 Å². The molecule has 35 heavy (non-hydrogen) atoms. The van der Waals surface area contributed by atoms with Gasteiger partial charge in [0.2, 0.25) is 0 Å². The van der Waals surface area contributed by atoms with E-state index < -0.39 is 11.9 Å². The van der Waals surface area contributed by atoms with Crippen LogP contribution in [0.2, 0.25) is 0 Å². The molecule has 3 heterocycles. The number of carbonyl (C=O) groups excluding carboxylic acids is 3. The molecule has 4 rings (SSSR count). The van der Waals surface area contributed by atoms with Gasteiger partial charge in [0, 0.05) is 31.5 Å². The molecule has 0 bridgehead atoms. The van der Waals surface area contributed by atoms with Gasteiger partial charge in [-0.25, -0.2) is 14.1 Å². The summed E-state index contributed by atoms with van der Waals surface area (Å²) in [4.78, 5) is 40.4. The van der Waals surface area contributed by atoms with Crippen molar-refractivity contribution in [3.63, 3.8) is 0 Å². The quantitative estimate of drug-likeness (QED) is 0.442. The number of ketones is 1. The highest BCUT2D eigenvalue weighted by atomic mass is 16.5. The third-order valence-corrected chi connectivity index (χ3v) is 6.15. The van der Waals surface area contributed by atoms with E-state index >= 15 is 0 Å². The summed E-state index contributed by atoms with van der Waals surface area (Å²) in [5, 5.41) is 4.91. The molecule has 1 aliphatic rings. The van der Waals surface area contributed by atoms with Crippen LogP contribution in [0.1, 0.15) is 66.4 Å². The van der Waals surface area contributed by atoms with Gasteiger partial charge in [-0.3, -0.25) is 4.79 Å². The number of carbonyl (C=O) groups is 3. The van der Waals surface area contributed by atoms with Crippen molar-refractivity contribution in [1.29, 1.82) is 0 Å². The molecule has 184 valence electrons. The molecular formula is C27H31N3O5. The number of hydrogen-bond donors (Lipinski definition) is 0. The molecule has 1 aromatic carbocycles. The van der Waals surface area contributed by atoms with Crippen molar-refractivity contribution in [1.82, 2.24) is 9.61 Å². The lowest BCUT2D eigenvalue weighted by Gasteiger charge is -2.27. The summed E-state index contributed by atoms with van der Waals surface area (Å²) < 4.78 is 12.5. The molecule has 0 N–H and O–H groups in total. The lowest BCUT2D eigenvalue weighted by atomic mass is 10.0. The smallest absolute Gasteiger partial charge is 0.341 e. The molecule has 1 saturated heterocycles. The number of rotatable bonds is 8. The maximum atomic E-state index is 13.3. The summed E-state index contributed by atoms with van der Waals surface area (Å²) in [6.45, 7) is 6.99. The predicted molar refractivity (Wildman–Crippen MR) is 133 cm³/mol. The number of aromatic nitrogens is 2. The Bertz CT molecular complexity index is 1240. The molecule has 2 aromatic heterocycles. The van der Waals surface area contributed by atoms with Gasteiger partial charge in [-0.2, -0.15) is 0 Å². The number of hydrogen-bond acceptors (Lipinski definition) is 7. The molecular weight excluding hydrogens is 446 g/mol. The standard InChI is InChI=1S/C27H31N3O5/c1-4-10-21-23(26(32)34-5-2)24(27(33)35-6-3)25-20(18-11-8-7-9-12-18)17-22(28-30(21)25)29-15-13-19(31)14-16-29/h7-9,11-12,17H,4-6,10,13-16H2,1-3H3. The van der Waals surface area contributed by atoms with Gasteiger partial charge < -0.3 is 14.4 Å². The van der Waals surface area contributed by atoms with Crippen LogP contribution in [0, 0.1) is 0 Å². The highest BCUT2D eigenvalue weighted by molar-refractivity contribution is 6.12. The second-order valence-electron chi connectivity index (χ2n) is 8.46. The van der Waals surface area contributed by atoms with Gasteiger partial charge in [-0.1, -0.05) is 43.7 Å². The van der Waals surface area contributed by atoms with Crippen molar-refractivity contribution in [2.75, 3.05) is 31.2 Å². The van der Waals surface area contributed by atoms with Gasteiger partial charge in [-0.15, -0.1) is 5.10 Å². The van der Waals surface area contributed by atoms with Gasteiger partial charge in [0.25, 0.3) is 0 Å². The minimum absolute atomic E-state index is 0.176. The SMILES string of the molecule is CCCc1c(C(=O)OCC)c(C(=O)OCC)c2c(-c3ccccc3)cc(N3CCC(=O)CC3)nn12. The number of aryl methyl sites for hydroxylation is 1. The van der Waals surface area contributed by atoms with E-state index in [4.69, 9.17) is 14.6 Å². The molecule has 0 unspecified atom stereocenters. The Balaban J connectivity index is 2.08. The molecule has 0 amide bonds. The summed E-state index contributed by atoms with van der Waals surface area (Å²) in [5.41, 5.74) is 3.19. The first-order chi connectivity index (χ1) is 17.0. The average molecular weight is 478 g/mol. The number of Topliss-reactive ketones (excluding diaryl/α,β-unsaturated/α-hetero) is 1. The molecule has 0 atom stereocenters. The molecule has 0 radical (unpaired) electrons. The fourth-order valence-corrected chi connectivity index (χ4v) is 4.57. The monoisotopic (exact) mass is 477 g/mol. The fraction of sp³-hybridized carbons (Fsp3) is 0.407. The van der Waals surface area contributed by atoms with Crippen LogP contribution < -0.4 is 4.90 Å². The minimum Gasteiger partial charge on any atom is -0.462 e. The summed E-state index contributed by atoms with van der Waals surface area (Å²) in [6.07, 6.45) is 2.20. The third-order valence-electron chi connectivity index (χ3n) is 6.15. The van der Waals surface area contributed by atoms with Crippen LogP contribution in [0.15, 0.2) is 36.4 Å². The second-order valence-corrected chi connectivity index (χ2v) is 8.46. The molecule has 1 fully saturated rings. The Morgan fingerprint density at radius 2 is 1.57 bits per heavy atom. The van der Waals surface area contributed by atoms with Crippen molar-refractivity contribution in [2.45, 2.75) is 46.5 Å². The number of esters is 2. The van der Waals surface area contributed by atoms with Crippen molar-refractivity contribution >= 4 is 29.1 Å². The van der Waals surface area contributed by atoms with Crippen molar-refractivity contribution in [3.8, 4) is 11.1 Å². The minimum atomic E-state index is -0.578. The number of anilines is 1. The molecule has 1 aliphatic heterocycles. The Morgan fingerprint density at radius 3 is 2.17 bits per heavy atom. The summed E-state index contributed by atoms with van der Waals surface area (Å²) in [6, 6.07) is 11.6. The highest BCUT2D eigenvalue weighted by Gasteiger charge is 2.33. The maximum Gasteiger partial charge on any atom is 0.341 e. The number of fused-ring (bicyclic) bond motifs is 1. The molecule has 8 heteroatoms. The summed E-state index contributed by atoms with van der Waals surface area (Å²) >= 11 is 0. The Kier molecular flexibility index (Phi) is 7.48. The first kappa shape index (κ1) is 24.4. The van der Waals surface area contributed by atoms with Crippen LogP contribution >= 0.6 is 0 Å². The van der Waals surface area contributed by atoms with Crippen LogP contribution in [-0.4, -0.2) is 53.6 Å². The molecule has 0 spiro atoms. The van der Waals surface area contributed by atoms with Gasteiger partial charge >= 0.3 is 11.9 Å². The lowest BCUT2D eigenvalue weighted by Crippen LogP contribution is -2.34. The average Bonchev–Trinajstić information content (AvgIpc) is 3.19. The van der Waals surface area contributed by atoms with Crippen LogP contribution in [0.5, 0.6) is 0 Å². The molecule has 0 aliphatic carbocycles. The fourth-order valence-electron chi connectivity index (χ4n) is 4.57. The zero-order valence-electron chi connectivity index (χ0n) is 20.5. The zero-order valence-corrected chi connectivity index (χ0v) is 20.5. The van der Waals surface area contributed by atoms with Gasteiger partial charge in [0.05, 0.1) is 30.0 Å². The second kappa shape index (κ2) is 10.7. The Morgan fingerprint density at radius 1 is 0.943 bits per heavy atom. The number of ether oxygens (including phenoxy) is 2. The van der Waals surface area contributed by atoms with E-state index in [1.807, 2.05) is 43.3 Å². The van der Waals surface area contributed by atoms with E-state index in [2.05, 4.69) is 4.90 Å². The van der Waals surface area contributed by atoms with E-state index in [-0.39, 0.29) is 30.1 Å². The normalized spacial score (nSPS) is 13.8. The van der Waals surface area contributed by atoms with Gasteiger partial charge in [0.15, 0.2) is 0 Å². The maximum absolute atomic E-state index is 13.3. The molecule has 8 nitrogen and oxygen atoms in total. The van der Waals surface area contributed by atoms with Crippen molar-refractivity contribution in [2.24, 2.45) is 0 Å². The van der Waals surface area contributed by atoms with Crippen LogP contribution in [-0.2, 0) is 20.7 Å². The first-order valence-electron chi connectivity index (χ1n) is 12.2. The Hall–Kier alpha value is -3.68. The highest BCUT2D eigenvalue weighted by Crippen LogP contribution is 2.36. The van der Waals surface area contributed by atoms with E-state index in [0.717, 1.165) is 17.5 Å². The van der Waals surface area contributed by atoms with Gasteiger partial charge in [-0.05, 0) is 31.9 Å². The number of benzene rings is 1. The van der Waals surface area contributed by atoms with Crippen molar-refractivity contribution < 1.29 is 23.9 Å². The van der Waals surface area contributed by atoms with E-state index in [1.165, 1.54) is 0 Å².